The molecule has 0 aliphatic carbocycles. The molecular weight excluding hydrogens is 234 g/mol. The summed E-state index contributed by atoms with van der Waals surface area (Å²) in [4.78, 5) is 2.46. The van der Waals surface area contributed by atoms with Crippen molar-refractivity contribution in [2.75, 3.05) is 20.1 Å². The van der Waals surface area contributed by atoms with Gasteiger partial charge in [0.15, 0.2) is 0 Å². The van der Waals surface area contributed by atoms with Gasteiger partial charge in [-0.1, -0.05) is 37.3 Å². The summed E-state index contributed by atoms with van der Waals surface area (Å²) in [7, 11) is 1.88. The molecule has 1 aromatic carbocycles. The highest BCUT2D eigenvalue weighted by molar-refractivity contribution is 5.32. The predicted molar refractivity (Wildman–Crippen MR) is 77.7 cm³/mol. The third kappa shape index (κ3) is 2.80. The van der Waals surface area contributed by atoms with Crippen molar-refractivity contribution in [1.82, 2.24) is 10.2 Å². The van der Waals surface area contributed by atoms with Crippen LogP contribution in [0.5, 0.6) is 0 Å². The molecule has 1 aliphatic rings. The molecule has 1 heterocycles. The normalized spacial score (nSPS) is 22.9. The largest absolute Gasteiger partial charge is 0.298 e. The Labute approximate surface area is 116 Å². The van der Waals surface area contributed by atoms with Crippen molar-refractivity contribution in [1.29, 1.82) is 5.26 Å². The highest BCUT2D eigenvalue weighted by Gasteiger charge is 2.36. The second-order valence-electron chi connectivity index (χ2n) is 5.31. The van der Waals surface area contributed by atoms with E-state index in [-0.39, 0.29) is 0 Å². The Morgan fingerprint density at radius 2 is 2.16 bits per heavy atom. The van der Waals surface area contributed by atoms with Crippen LogP contribution in [0.3, 0.4) is 0 Å². The van der Waals surface area contributed by atoms with Gasteiger partial charge >= 0.3 is 0 Å². The fourth-order valence-corrected chi connectivity index (χ4v) is 3.06. The summed E-state index contributed by atoms with van der Waals surface area (Å²) in [6.07, 6.45) is 3.68. The van der Waals surface area contributed by atoms with Crippen LogP contribution in [0, 0.1) is 11.3 Å². The molecule has 0 saturated carbocycles. The molecule has 3 heteroatoms. The molecule has 0 bridgehead atoms. The van der Waals surface area contributed by atoms with Gasteiger partial charge in [0.2, 0.25) is 0 Å². The van der Waals surface area contributed by atoms with E-state index in [4.69, 9.17) is 0 Å². The van der Waals surface area contributed by atoms with Gasteiger partial charge in [0.1, 0.15) is 5.54 Å². The number of hydrogen-bond donors (Lipinski definition) is 1. The van der Waals surface area contributed by atoms with Gasteiger partial charge < -0.3 is 0 Å². The molecule has 2 atom stereocenters. The van der Waals surface area contributed by atoms with E-state index in [0.717, 1.165) is 18.7 Å². The lowest BCUT2D eigenvalue weighted by molar-refractivity contribution is 0.198. The molecule has 1 aromatic rings. The highest BCUT2D eigenvalue weighted by atomic mass is 15.2. The molecule has 3 nitrogen and oxygen atoms in total. The summed E-state index contributed by atoms with van der Waals surface area (Å²) < 4.78 is 0. The average Bonchev–Trinajstić information content (AvgIpc) is 2.93. The molecule has 1 saturated heterocycles. The molecule has 0 amide bonds. The van der Waals surface area contributed by atoms with Crippen LogP contribution in [0.2, 0.25) is 0 Å². The van der Waals surface area contributed by atoms with Crippen molar-refractivity contribution in [3.8, 4) is 6.07 Å². The minimum atomic E-state index is -0.598. The Morgan fingerprint density at radius 1 is 1.42 bits per heavy atom. The summed E-state index contributed by atoms with van der Waals surface area (Å²) in [5, 5.41) is 13.0. The molecule has 2 unspecified atom stereocenters. The minimum Gasteiger partial charge on any atom is -0.298 e. The molecule has 1 N–H and O–H groups in total. The van der Waals surface area contributed by atoms with Crippen molar-refractivity contribution in [2.45, 2.75) is 37.8 Å². The number of likely N-dealkylation sites (N-methyl/N-ethyl adjacent to an activating group) is 1. The van der Waals surface area contributed by atoms with Gasteiger partial charge in [0.05, 0.1) is 6.07 Å². The first-order valence-corrected chi connectivity index (χ1v) is 7.15. The molecular formula is C16H23N3. The fourth-order valence-electron chi connectivity index (χ4n) is 3.06. The highest BCUT2D eigenvalue weighted by Crippen LogP contribution is 2.27. The van der Waals surface area contributed by atoms with Crippen LogP contribution in [-0.4, -0.2) is 31.1 Å². The van der Waals surface area contributed by atoms with Crippen molar-refractivity contribution in [2.24, 2.45) is 0 Å². The van der Waals surface area contributed by atoms with Gasteiger partial charge in [-0.3, -0.25) is 10.2 Å². The molecule has 1 aliphatic heterocycles. The quantitative estimate of drug-likeness (QED) is 0.881. The fraction of sp³-hybridized carbons (Fsp3) is 0.562. The number of likely N-dealkylation sites (tertiary alicyclic amines) is 1. The van der Waals surface area contributed by atoms with Gasteiger partial charge in [-0.05, 0) is 38.4 Å². The Morgan fingerprint density at radius 3 is 2.74 bits per heavy atom. The van der Waals surface area contributed by atoms with E-state index in [1.165, 1.54) is 19.3 Å². The summed E-state index contributed by atoms with van der Waals surface area (Å²) in [6, 6.07) is 13.2. The number of hydrogen-bond acceptors (Lipinski definition) is 3. The molecule has 2 rings (SSSR count). The maximum absolute atomic E-state index is 9.71. The average molecular weight is 257 g/mol. The molecule has 0 radical (unpaired) electrons. The van der Waals surface area contributed by atoms with Crippen molar-refractivity contribution in [3.05, 3.63) is 35.9 Å². The molecule has 102 valence electrons. The monoisotopic (exact) mass is 257 g/mol. The summed E-state index contributed by atoms with van der Waals surface area (Å²) in [6.45, 7) is 4.11. The number of nitrogens with zero attached hydrogens (tertiary/aromatic N) is 2. The predicted octanol–water partition coefficient (Wildman–Crippen LogP) is 2.50. The standard InChI is InChI=1S/C16H23N3/c1-3-15-10-7-11-19(15)13-16(12-17,18-2)14-8-5-4-6-9-14/h4-6,8-9,15,18H,3,7,10-11,13H2,1-2H3. The summed E-state index contributed by atoms with van der Waals surface area (Å²) in [5.41, 5.74) is 0.459. The van der Waals surface area contributed by atoms with Gasteiger partial charge in [-0.2, -0.15) is 5.26 Å². The zero-order valence-corrected chi connectivity index (χ0v) is 11.9. The third-order valence-corrected chi connectivity index (χ3v) is 4.29. The first kappa shape index (κ1) is 14.0. The van der Waals surface area contributed by atoms with Gasteiger partial charge in [-0.15, -0.1) is 0 Å². The first-order valence-electron chi connectivity index (χ1n) is 7.15. The van der Waals surface area contributed by atoms with Crippen LogP contribution < -0.4 is 5.32 Å². The van der Waals surface area contributed by atoms with E-state index in [1.54, 1.807) is 0 Å². The zero-order chi connectivity index (χ0) is 13.7. The van der Waals surface area contributed by atoms with Crippen molar-refractivity contribution in [3.63, 3.8) is 0 Å². The maximum atomic E-state index is 9.71. The van der Waals surface area contributed by atoms with Gasteiger partial charge in [0.25, 0.3) is 0 Å². The minimum absolute atomic E-state index is 0.598. The number of benzene rings is 1. The van der Waals surface area contributed by atoms with E-state index in [1.807, 2.05) is 37.4 Å². The summed E-state index contributed by atoms with van der Waals surface area (Å²) >= 11 is 0. The van der Waals surface area contributed by atoms with Crippen LogP contribution in [0.4, 0.5) is 0 Å². The first-order chi connectivity index (χ1) is 9.25. The Hall–Kier alpha value is -1.37. The van der Waals surface area contributed by atoms with E-state index < -0.39 is 5.54 Å². The van der Waals surface area contributed by atoms with E-state index >= 15 is 0 Å². The van der Waals surface area contributed by atoms with Gasteiger partial charge in [0, 0.05) is 12.6 Å². The maximum Gasteiger partial charge on any atom is 0.144 e. The SMILES string of the molecule is CCC1CCCN1CC(C#N)(NC)c1ccccc1. The van der Waals surface area contributed by atoms with E-state index in [9.17, 15) is 5.26 Å². The summed E-state index contributed by atoms with van der Waals surface area (Å²) in [5.74, 6) is 0. The Bertz CT molecular complexity index is 437. The van der Waals surface area contributed by atoms with Crippen LogP contribution in [0.15, 0.2) is 30.3 Å². The zero-order valence-electron chi connectivity index (χ0n) is 11.9. The number of nitriles is 1. The van der Waals surface area contributed by atoms with Gasteiger partial charge in [-0.25, -0.2) is 0 Å². The lowest BCUT2D eigenvalue weighted by Crippen LogP contribution is -2.49. The molecule has 1 fully saturated rings. The molecule has 0 spiro atoms. The smallest absolute Gasteiger partial charge is 0.144 e. The van der Waals surface area contributed by atoms with Crippen LogP contribution in [0.1, 0.15) is 31.7 Å². The topological polar surface area (TPSA) is 39.1 Å². The molecule has 19 heavy (non-hydrogen) atoms. The Kier molecular flexibility index (Phi) is 4.57. The Balaban J connectivity index is 2.23. The second-order valence-corrected chi connectivity index (χ2v) is 5.31. The molecule has 0 aromatic heterocycles. The van der Waals surface area contributed by atoms with Crippen LogP contribution in [0.25, 0.3) is 0 Å². The second kappa shape index (κ2) is 6.18. The van der Waals surface area contributed by atoms with Crippen molar-refractivity contribution >= 4 is 0 Å². The third-order valence-electron chi connectivity index (χ3n) is 4.29. The van der Waals surface area contributed by atoms with E-state index in [2.05, 4.69) is 23.2 Å². The number of nitrogens with one attached hydrogen (secondary N) is 1. The van der Waals surface area contributed by atoms with Crippen LogP contribution in [-0.2, 0) is 5.54 Å². The lowest BCUT2D eigenvalue weighted by atomic mass is 9.90. The number of rotatable bonds is 5. The van der Waals surface area contributed by atoms with Crippen LogP contribution >= 0.6 is 0 Å². The van der Waals surface area contributed by atoms with Crippen molar-refractivity contribution < 1.29 is 0 Å². The van der Waals surface area contributed by atoms with E-state index in [0.29, 0.717) is 6.04 Å². The lowest BCUT2D eigenvalue weighted by Gasteiger charge is -2.34.